The number of esters is 1. The van der Waals surface area contributed by atoms with Crippen molar-refractivity contribution in [3.05, 3.63) is 0 Å². The van der Waals surface area contributed by atoms with Gasteiger partial charge in [-0.3, -0.25) is 9.59 Å². The van der Waals surface area contributed by atoms with Gasteiger partial charge < -0.3 is 9.84 Å². The smallest absolute Gasteiger partial charge is 0.309 e. The highest BCUT2D eigenvalue weighted by Gasteiger charge is 2.36. The number of carbonyl (C=O) groups excluding carboxylic acids is 1. The quantitative estimate of drug-likeness (QED) is 0.574. The van der Waals surface area contributed by atoms with E-state index in [1.807, 2.05) is 0 Å². The molecule has 0 aromatic rings. The molecule has 0 heterocycles. The SMILES string of the molecule is CCCCCOC(=O)C1CCCCC1C(=O)O. The highest BCUT2D eigenvalue weighted by molar-refractivity contribution is 5.81. The van der Waals surface area contributed by atoms with Crippen LogP contribution in [0.1, 0.15) is 51.9 Å². The van der Waals surface area contributed by atoms with Gasteiger partial charge in [0.15, 0.2) is 0 Å². The Morgan fingerprint density at radius 3 is 2.41 bits per heavy atom. The first-order valence-corrected chi connectivity index (χ1v) is 6.56. The zero-order chi connectivity index (χ0) is 12.7. The first-order chi connectivity index (χ1) is 8.16. The van der Waals surface area contributed by atoms with Crippen LogP contribution in [-0.4, -0.2) is 23.7 Å². The summed E-state index contributed by atoms with van der Waals surface area (Å²) in [5.74, 6) is -2.14. The number of ether oxygens (including phenoxy) is 1. The van der Waals surface area contributed by atoms with Crippen LogP contribution in [0.5, 0.6) is 0 Å². The van der Waals surface area contributed by atoms with Crippen molar-refractivity contribution in [3.8, 4) is 0 Å². The topological polar surface area (TPSA) is 63.6 Å². The van der Waals surface area contributed by atoms with Crippen molar-refractivity contribution in [2.75, 3.05) is 6.61 Å². The van der Waals surface area contributed by atoms with Crippen LogP contribution >= 0.6 is 0 Å². The molecule has 0 radical (unpaired) electrons. The Bertz CT molecular complexity index is 262. The summed E-state index contributed by atoms with van der Waals surface area (Å²) in [7, 11) is 0. The summed E-state index contributed by atoms with van der Waals surface area (Å²) < 4.78 is 5.16. The molecule has 98 valence electrons. The van der Waals surface area contributed by atoms with Gasteiger partial charge in [0, 0.05) is 0 Å². The Labute approximate surface area is 102 Å². The van der Waals surface area contributed by atoms with E-state index < -0.39 is 17.8 Å². The Balaban J connectivity index is 2.39. The van der Waals surface area contributed by atoms with Gasteiger partial charge >= 0.3 is 11.9 Å². The third-order valence-electron chi connectivity index (χ3n) is 3.38. The second kappa shape index (κ2) is 7.30. The maximum atomic E-state index is 11.8. The number of carboxylic acids is 1. The van der Waals surface area contributed by atoms with Crippen LogP contribution in [0.3, 0.4) is 0 Å². The lowest BCUT2D eigenvalue weighted by Gasteiger charge is -2.26. The van der Waals surface area contributed by atoms with Crippen LogP contribution in [0.4, 0.5) is 0 Å². The fourth-order valence-corrected chi connectivity index (χ4v) is 2.34. The Hall–Kier alpha value is -1.06. The van der Waals surface area contributed by atoms with Crippen LogP contribution in [0, 0.1) is 11.8 Å². The number of hydrogen-bond acceptors (Lipinski definition) is 3. The van der Waals surface area contributed by atoms with Crippen LogP contribution in [-0.2, 0) is 14.3 Å². The second-order valence-corrected chi connectivity index (χ2v) is 4.71. The second-order valence-electron chi connectivity index (χ2n) is 4.71. The molecule has 4 nitrogen and oxygen atoms in total. The summed E-state index contributed by atoms with van der Waals surface area (Å²) in [6.45, 7) is 2.51. The third kappa shape index (κ3) is 4.36. The fourth-order valence-electron chi connectivity index (χ4n) is 2.34. The van der Waals surface area contributed by atoms with E-state index in [0.717, 1.165) is 32.1 Å². The molecule has 1 aliphatic rings. The molecule has 2 unspecified atom stereocenters. The Morgan fingerprint density at radius 1 is 1.18 bits per heavy atom. The van der Waals surface area contributed by atoms with Gasteiger partial charge in [0.05, 0.1) is 18.4 Å². The normalized spacial score (nSPS) is 24.3. The van der Waals surface area contributed by atoms with Gasteiger partial charge in [0.1, 0.15) is 0 Å². The van der Waals surface area contributed by atoms with Gasteiger partial charge in [-0.25, -0.2) is 0 Å². The summed E-state index contributed by atoms with van der Waals surface area (Å²) >= 11 is 0. The lowest BCUT2D eigenvalue weighted by atomic mass is 9.79. The molecular formula is C13H22O4. The van der Waals surface area contributed by atoms with Crippen molar-refractivity contribution >= 4 is 11.9 Å². The van der Waals surface area contributed by atoms with E-state index in [0.29, 0.717) is 19.4 Å². The molecule has 1 fully saturated rings. The van der Waals surface area contributed by atoms with Crippen LogP contribution in [0.25, 0.3) is 0 Å². The van der Waals surface area contributed by atoms with E-state index in [4.69, 9.17) is 9.84 Å². The largest absolute Gasteiger partial charge is 0.481 e. The minimum Gasteiger partial charge on any atom is -0.481 e. The molecule has 0 aromatic heterocycles. The van der Waals surface area contributed by atoms with Gasteiger partial charge in [0.25, 0.3) is 0 Å². The molecule has 0 spiro atoms. The Morgan fingerprint density at radius 2 is 1.82 bits per heavy atom. The fraction of sp³-hybridized carbons (Fsp3) is 0.846. The van der Waals surface area contributed by atoms with Crippen molar-refractivity contribution in [1.82, 2.24) is 0 Å². The van der Waals surface area contributed by atoms with E-state index in [9.17, 15) is 9.59 Å². The summed E-state index contributed by atoms with van der Waals surface area (Å²) in [6.07, 6.45) is 6.08. The first-order valence-electron chi connectivity index (χ1n) is 6.56. The lowest BCUT2D eigenvalue weighted by Crippen LogP contribution is -2.33. The molecular weight excluding hydrogens is 220 g/mol. The number of carboxylic acid groups (broad SMARTS) is 1. The minimum absolute atomic E-state index is 0.312. The highest BCUT2D eigenvalue weighted by atomic mass is 16.5. The van der Waals surface area contributed by atoms with Crippen molar-refractivity contribution in [2.24, 2.45) is 11.8 Å². The maximum Gasteiger partial charge on any atom is 0.309 e. The van der Waals surface area contributed by atoms with Gasteiger partial charge in [-0.05, 0) is 19.3 Å². The van der Waals surface area contributed by atoms with E-state index in [1.165, 1.54) is 0 Å². The number of carbonyl (C=O) groups is 2. The predicted octanol–water partition coefficient (Wildman–Crippen LogP) is 2.61. The molecule has 2 atom stereocenters. The monoisotopic (exact) mass is 242 g/mol. The van der Waals surface area contributed by atoms with E-state index in [1.54, 1.807) is 0 Å². The Kier molecular flexibility index (Phi) is 6.01. The number of unbranched alkanes of at least 4 members (excludes halogenated alkanes) is 2. The van der Waals surface area contributed by atoms with E-state index >= 15 is 0 Å². The predicted molar refractivity (Wildman–Crippen MR) is 63.6 cm³/mol. The van der Waals surface area contributed by atoms with Crippen LogP contribution < -0.4 is 0 Å². The molecule has 1 saturated carbocycles. The maximum absolute atomic E-state index is 11.8. The van der Waals surface area contributed by atoms with Crippen molar-refractivity contribution in [1.29, 1.82) is 0 Å². The van der Waals surface area contributed by atoms with Crippen molar-refractivity contribution < 1.29 is 19.4 Å². The molecule has 1 N–H and O–H groups in total. The zero-order valence-corrected chi connectivity index (χ0v) is 10.5. The standard InChI is InChI=1S/C13H22O4/c1-2-3-6-9-17-13(16)11-8-5-4-7-10(11)12(14)15/h10-11H,2-9H2,1H3,(H,14,15). The summed E-state index contributed by atoms with van der Waals surface area (Å²) in [4.78, 5) is 22.8. The highest BCUT2D eigenvalue weighted by Crippen LogP contribution is 2.31. The van der Waals surface area contributed by atoms with Crippen molar-refractivity contribution in [3.63, 3.8) is 0 Å². The molecule has 0 aromatic carbocycles. The molecule has 1 aliphatic carbocycles. The summed E-state index contributed by atoms with van der Waals surface area (Å²) in [6, 6.07) is 0. The minimum atomic E-state index is -0.861. The number of rotatable bonds is 6. The number of hydrogen-bond donors (Lipinski definition) is 1. The average molecular weight is 242 g/mol. The number of aliphatic carboxylic acids is 1. The third-order valence-corrected chi connectivity index (χ3v) is 3.38. The van der Waals surface area contributed by atoms with Crippen LogP contribution in [0.15, 0.2) is 0 Å². The average Bonchev–Trinajstić information content (AvgIpc) is 2.34. The van der Waals surface area contributed by atoms with Gasteiger partial charge in [-0.2, -0.15) is 0 Å². The van der Waals surface area contributed by atoms with Gasteiger partial charge in [-0.15, -0.1) is 0 Å². The van der Waals surface area contributed by atoms with E-state index in [2.05, 4.69) is 6.92 Å². The molecule has 0 saturated heterocycles. The molecule has 0 aliphatic heterocycles. The molecule has 0 amide bonds. The van der Waals surface area contributed by atoms with Crippen LogP contribution in [0.2, 0.25) is 0 Å². The molecule has 17 heavy (non-hydrogen) atoms. The lowest BCUT2D eigenvalue weighted by molar-refractivity contribution is -0.159. The van der Waals surface area contributed by atoms with Crippen molar-refractivity contribution in [2.45, 2.75) is 51.9 Å². The van der Waals surface area contributed by atoms with Gasteiger partial charge in [-0.1, -0.05) is 32.6 Å². The first kappa shape index (κ1) is 14.0. The van der Waals surface area contributed by atoms with Gasteiger partial charge in [0.2, 0.25) is 0 Å². The zero-order valence-electron chi connectivity index (χ0n) is 10.5. The summed E-state index contributed by atoms with van der Waals surface area (Å²) in [5.41, 5.74) is 0. The summed E-state index contributed by atoms with van der Waals surface area (Å²) in [5, 5.41) is 9.06. The van der Waals surface area contributed by atoms with E-state index in [-0.39, 0.29) is 5.97 Å². The molecule has 1 rings (SSSR count). The molecule has 0 bridgehead atoms. The molecule has 4 heteroatoms.